The number of aliphatic hydroxyl groups is 1. The molecule has 3 aromatic rings. The third-order valence-corrected chi connectivity index (χ3v) is 4.68. The summed E-state index contributed by atoms with van der Waals surface area (Å²) in [7, 11) is 2.93. The lowest BCUT2D eigenvalue weighted by atomic mass is 9.96. The fourth-order valence-electron chi connectivity index (χ4n) is 3.20. The average Bonchev–Trinajstić information content (AvgIpc) is 2.77. The van der Waals surface area contributed by atoms with E-state index in [9.17, 15) is 15.3 Å². The van der Waals surface area contributed by atoms with Crippen LogP contribution in [0.1, 0.15) is 0 Å². The highest BCUT2D eigenvalue weighted by molar-refractivity contribution is 5.88. The van der Waals surface area contributed by atoms with Crippen molar-refractivity contribution in [1.29, 1.82) is 0 Å². The first-order valence-corrected chi connectivity index (χ1v) is 9.49. The number of aliphatic hydroxyl groups excluding tert-OH is 1. The lowest BCUT2D eigenvalue weighted by molar-refractivity contribution is 0.327. The fourth-order valence-corrected chi connectivity index (χ4v) is 3.20. The smallest absolute Gasteiger partial charge is 0.170 e. The van der Waals surface area contributed by atoms with Crippen molar-refractivity contribution in [2.24, 2.45) is 0 Å². The van der Waals surface area contributed by atoms with Crippen LogP contribution in [-0.4, -0.2) is 47.9 Å². The first-order valence-electron chi connectivity index (χ1n) is 9.49. The maximum Gasteiger partial charge on any atom is 0.170 e. The van der Waals surface area contributed by atoms with Crippen LogP contribution in [0.5, 0.6) is 34.5 Å². The molecule has 0 aliphatic carbocycles. The van der Waals surface area contributed by atoms with Crippen LogP contribution in [0.2, 0.25) is 0 Å². The number of hydrogen-bond donors (Lipinski definition) is 4. The zero-order valence-corrected chi connectivity index (χ0v) is 17.2. The van der Waals surface area contributed by atoms with Gasteiger partial charge in [-0.3, -0.25) is 0 Å². The Hall–Kier alpha value is -3.84. The van der Waals surface area contributed by atoms with Crippen molar-refractivity contribution in [3.63, 3.8) is 0 Å². The molecule has 4 N–H and O–H groups in total. The Morgan fingerprint density at radius 3 is 2.13 bits per heavy atom. The van der Waals surface area contributed by atoms with Crippen molar-refractivity contribution in [3.8, 4) is 56.8 Å². The van der Waals surface area contributed by atoms with Crippen LogP contribution in [0.25, 0.3) is 22.3 Å². The van der Waals surface area contributed by atoms with Crippen LogP contribution >= 0.6 is 0 Å². The summed E-state index contributed by atoms with van der Waals surface area (Å²) in [5.41, 5.74) is 2.15. The summed E-state index contributed by atoms with van der Waals surface area (Å²) in [4.78, 5) is 0. The van der Waals surface area contributed by atoms with E-state index in [0.717, 1.165) is 5.56 Å². The first kappa shape index (κ1) is 21.9. The molecule has 3 rings (SSSR count). The van der Waals surface area contributed by atoms with Crippen molar-refractivity contribution < 1.29 is 34.6 Å². The van der Waals surface area contributed by atoms with Crippen LogP contribution in [0, 0.1) is 0 Å². The number of phenols is 3. The summed E-state index contributed by atoms with van der Waals surface area (Å²) in [6, 6.07) is 12.9. The molecule has 31 heavy (non-hydrogen) atoms. The van der Waals surface area contributed by atoms with E-state index >= 15 is 0 Å². The summed E-state index contributed by atoms with van der Waals surface area (Å²) in [6.45, 7) is 0.104. The number of methoxy groups -OCH3 is 2. The fraction of sp³-hybridized carbons (Fsp3) is 0.167. The van der Waals surface area contributed by atoms with Crippen molar-refractivity contribution in [2.75, 3.05) is 27.4 Å². The Morgan fingerprint density at radius 2 is 1.52 bits per heavy atom. The molecular formula is C24H24O7. The van der Waals surface area contributed by atoms with Crippen molar-refractivity contribution in [3.05, 3.63) is 60.7 Å². The molecule has 0 aliphatic heterocycles. The molecule has 0 fully saturated rings. The Bertz CT molecular complexity index is 1070. The molecule has 3 aromatic carbocycles. The predicted molar refractivity (Wildman–Crippen MR) is 117 cm³/mol. The Labute approximate surface area is 180 Å². The Kier molecular flexibility index (Phi) is 6.89. The van der Waals surface area contributed by atoms with E-state index in [4.69, 9.17) is 19.3 Å². The van der Waals surface area contributed by atoms with E-state index in [1.807, 2.05) is 0 Å². The van der Waals surface area contributed by atoms with Gasteiger partial charge in [-0.2, -0.15) is 0 Å². The molecule has 0 aromatic heterocycles. The van der Waals surface area contributed by atoms with E-state index in [-0.39, 0.29) is 42.0 Å². The Balaban J connectivity index is 2.06. The largest absolute Gasteiger partial charge is 0.508 e. The lowest BCUT2D eigenvalue weighted by Crippen LogP contribution is -1.97. The molecule has 0 saturated carbocycles. The normalized spacial score (nSPS) is 10.9. The van der Waals surface area contributed by atoms with E-state index in [2.05, 4.69) is 0 Å². The highest BCUT2D eigenvalue weighted by Crippen LogP contribution is 2.50. The second-order valence-electron chi connectivity index (χ2n) is 6.58. The second kappa shape index (κ2) is 9.77. The van der Waals surface area contributed by atoms with Crippen LogP contribution in [0.15, 0.2) is 60.7 Å². The highest BCUT2D eigenvalue weighted by Gasteiger charge is 2.22. The zero-order chi connectivity index (χ0) is 22.4. The molecule has 7 nitrogen and oxygen atoms in total. The molecule has 0 bridgehead atoms. The quantitative estimate of drug-likeness (QED) is 0.404. The standard InChI is InChI=1S/C24H24O7/c1-29-21-14-18(15-5-8-17(26)9-6-15)24(30-2)23(28)22(21)16-7-10-20(19(27)13-16)31-12-4-3-11-25/h3-10,13-14,25-28H,11-12H2,1-2H3/b4-3-. The minimum Gasteiger partial charge on any atom is -0.508 e. The number of rotatable bonds is 8. The Morgan fingerprint density at radius 1 is 0.806 bits per heavy atom. The van der Waals surface area contributed by atoms with Crippen LogP contribution in [-0.2, 0) is 0 Å². The molecule has 0 radical (unpaired) electrons. The van der Waals surface area contributed by atoms with Crippen LogP contribution < -0.4 is 14.2 Å². The van der Waals surface area contributed by atoms with Gasteiger partial charge >= 0.3 is 0 Å². The van der Waals surface area contributed by atoms with E-state index in [1.54, 1.807) is 48.5 Å². The summed E-state index contributed by atoms with van der Waals surface area (Å²) in [5.74, 6) is 0.732. The van der Waals surface area contributed by atoms with Gasteiger partial charge in [-0.15, -0.1) is 0 Å². The SMILES string of the molecule is COc1cc(-c2ccc(O)cc2)c(OC)c(O)c1-c1ccc(OC/C=C\CO)c(O)c1. The van der Waals surface area contributed by atoms with Crippen molar-refractivity contribution >= 4 is 0 Å². The topological polar surface area (TPSA) is 109 Å². The zero-order valence-electron chi connectivity index (χ0n) is 17.2. The molecule has 0 spiro atoms. The van der Waals surface area contributed by atoms with Gasteiger partial charge in [0.25, 0.3) is 0 Å². The molecular weight excluding hydrogens is 400 g/mol. The number of hydrogen-bond acceptors (Lipinski definition) is 7. The molecule has 0 aliphatic rings. The van der Waals surface area contributed by atoms with E-state index < -0.39 is 0 Å². The van der Waals surface area contributed by atoms with Gasteiger partial charge in [0, 0.05) is 5.56 Å². The van der Waals surface area contributed by atoms with E-state index in [1.165, 1.54) is 26.4 Å². The predicted octanol–water partition coefficient (Wildman–Crippen LogP) is 4.08. The van der Waals surface area contributed by atoms with Gasteiger partial charge in [-0.05, 0) is 47.5 Å². The maximum atomic E-state index is 11.0. The molecule has 7 heteroatoms. The van der Waals surface area contributed by atoms with Crippen LogP contribution in [0.4, 0.5) is 0 Å². The molecule has 0 amide bonds. The molecule has 0 atom stereocenters. The van der Waals surface area contributed by atoms with E-state index in [0.29, 0.717) is 22.4 Å². The lowest BCUT2D eigenvalue weighted by Gasteiger charge is -2.18. The summed E-state index contributed by atoms with van der Waals surface area (Å²) in [5, 5.41) is 39.7. The molecule has 0 heterocycles. The average molecular weight is 424 g/mol. The van der Waals surface area contributed by atoms with Gasteiger partial charge in [-0.25, -0.2) is 0 Å². The minimum atomic E-state index is -0.149. The van der Waals surface area contributed by atoms with Crippen LogP contribution in [0.3, 0.4) is 0 Å². The number of benzene rings is 3. The monoisotopic (exact) mass is 424 g/mol. The third-order valence-electron chi connectivity index (χ3n) is 4.68. The summed E-state index contributed by atoms with van der Waals surface area (Å²) >= 11 is 0. The van der Waals surface area contributed by atoms with Gasteiger partial charge < -0.3 is 34.6 Å². The number of aromatic hydroxyl groups is 3. The number of ether oxygens (including phenoxy) is 3. The van der Waals surface area contributed by atoms with Crippen molar-refractivity contribution in [2.45, 2.75) is 0 Å². The second-order valence-corrected chi connectivity index (χ2v) is 6.58. The summed E-state index contributed by atoms with van der Waals surface area (Å²) in [6.07, 6.45) is 3.17. The summed E-state index contributed by atoms with van der Waals surface area (Å²) < 4.78 is 16.4. The first-order chi connectivity index (χ1) is 15.0. The van der Waals surface area contributed by atoms with Gasteiger partial charge in [0.15, 0.2) is 23.0 Å². The maximum absolute atomic E-state index is 11.0. The minimum absolute atomic E-state index is 0.0880. The van der Waals surface area contributed by atoms with Crippen molar-refractivity contribution in [1.82, 2.24) is 0 Å². The molecule has 162 valence electrons. The number of phenolic OH excluding ortho intramolecular Hbond substituents is 3. The van der Waals surface area contributed by atoms with Gasteiger partial charge in [0.05, 0.1) is 26.4 Å². The van der Waals surface area contributed by atoms with Gasteiger partial charge in [-0.1, -0.05) is 24.3 Å². The van der Waals surface area contributed by atoms with Gasteiger partial charge in [0.1, 0.15) is 18.1 Å². The van der Waals surface area contributed by atoms with Gasteiger partial charge in [0.2, 0.25) is 0 Å². The third kappa shape index (κ3) is 4.67. The molecule has 0 saturated heterocycles. The highest BCUT2D eigenvalue weighted by atomic mass is 16.5. The molecule has 0 unspecified atom stereocenters.